The van der Waals surface area contributed by atoms with Crippen LogP contribution in [0.25, 0.3) is 0 Å². The van der Waals surface area contributed by atoms with Crippen molar-refractivity contribution >= 4 is 5.95 Å². The number of halogens is 1. The zero-order valence-electron chi connectivity index (χ0n) is 14.2. The van der Waals surface area contributed by atoms with Crippen molar-refractivity contribution in [2.45, 2.75) is 19.4 Å². The summed E-state index contributed by atoms with van der Waals surface area (Å²) in [6, 6.07) is 6.79. The number of aromatic amines is 1. The minimum atomic E-state index is -0.852. The number of hydrogen-bond acceptors (Lipinski definition) is 5. The van der Waals surface area contributed by atoms with Gasteiger partial charge in [-0.2, -0.15) is 4.39 Å². The molecule has 1 saturated heterocycles. The van der Waals surface area contributed by atoms with Crippen molar-refractivity contribution in [2.75, 3.05) is 37.7 Å². The van der Waals surface area contributed by atoms with Gasteiger partial charge in [0.2, 0.25) is 11.8 Å². The number of hydrogen-bond donors (Lipinski definition) is 1. The van der Waals surface area contributed by atoms with Gasteiger partial charge in [-0.1, -0.05) is 12.1 Å². The number of fused-ring (bicyclic) bond motifs is 1. The van der Waals surface area contributed by atoms with Crippen LogP contribution in [0, 0.1) is 5.82 Å². The molecule has 1 unspecified atom stereocenters. The van der Waals surface area contributed by atoms with Crippen molar-refractivity contribution in [1.82, 2.24) is 14.9 Å². The molecule has 2 aliphatic rings. The van der Waals surface area contributed by atoms with E-state index in [1.807, 2.05) is 4.90 Å². The highest BCUT2D eigenvalue weighted by Gasteiger charge is 2.24. The second kappa shape index (κ2) is 6.48. The molecule has 25 heavy (non-hydrogen) atoms. The largest absolute Gasteiger partial charge is 0.493 e. The molecule has 0 aliphatic carbocycles. The molecule has 0 amide bonds. The number of nitrogens with one attached hydrogen (secondary N) is 1. The topological polar surface area (TPSA) is 61.5 Å². The number of H-pyrrole nitrogens is 1. The lowest BCUT2D eigenvalue weighted by Crippen LogP contribution is -2.48. The number of benzene rings is 1. The van der Waals surface area contributed by atoms with Crippen molar-refractivity contribution in [2.24, 2.45) is 0 Å². The third-order valence-electron chi connectivity index (χ3n) is 5.11. The summed E-state index contributed by atoms with van der Waals surface area (Å²) < 4.78 is 18.7. The van der Waals surface area contributed by atoms with Gasteiger partial charge in [-0.3, -0.25) is 14.7 Å². The molecule has 2 aromatic rings. The minimum absolute atomic E-state index is 0.289. The van der Waals surface area contributed by atoms with E-state index < -0.39 is 11.4 Å². The van der Waals surface area contributed by atoms with E-state index in [1.165, 1.54) is 11.1 Å². The molecular formula is C18H21FN4O2. The van der Waals surface area contributed by atoms with Crippen LogP contribution < -0.4 is 15.2 Å². The second-order valence-corrected chi connectivity index (χ2v) is 6.55. The molecule has 0 radical (unpaired) electrons. The summed E-state index contributed by atoms with van der Waals surface area (Å²) in [4.78, 5) is 22.3. The Morgan fingerprint density at radius 1 is 1.28 bits per heavy atom. The number of piperazine rings is 1. The lowest BCUT2D eigenvalue weighted by molar-refractivity contribution is 0.197. The predicted molar refractivity (Wildman–Crippen MR) is 92.7 cm³/mol. The maximum Gasteiger partial charge on any atom is 0.288 e. The zero-order valence-corrected chi connectivity index (χ0v) is 14.2. The molecule has 1 aromatic carbocycles. The highest BCUT2D eigenvalue weighted by atomic mass is 19.1. The maximum atomic E-state index is 13.1. The molecule has 4 rings (SSSR count). The molecule has 1 aromatic heterocycles. The lowest BCUT2D eigenvalue weighted by atomic mass is 10.0. The van der Waals surface area contributed by atoms with Crippen LogP contribution in [0.5, 0.6) is 5.75 Å². The quantitative estimate of drug-likeness (QED) is 0.919. The number of ether oxygens (including phenoxy) is 1. The number of aromatic nitrogens is 2. The Labute approximate surface area is 145 Å². The zero-order chi connectivity index (χ0) is 17.4. The van der Waals surface area contributed by atoms with E-state index in [0.29, 0.717) is 5.95 Å². The summed E-state index contributed by atoms with van der Waals surface area (Å²) in [6.07, 6.45) is 1.97. The van der Waals surface area contributed by atoms with Gasteiger partial charge in [0, 0.05) is 38.6 Å². The summed E-state index contributed by atoms with van der Waals surface area (Å²) in [6.45, 7) is 6.14. The van der Waals surface area contributed by atoms with Gasteiger partial charge in [0.25, 0.3) is 5.56 Å². The molecule has 132 valence electrons. The van der Waals surface area contributed by atoms with Gasteiger partial charge in [-0.15, -0.1) is 0 Å². The van der Waals surface area contributed by atoms with Crippen LogP contribution in [0.2, 0.25) is 0 Å². The molecule has 0 spiro atoms. The average Bonchev–Trinajstić information content (AvgIpc) is 3.11. The van der Waals surface area contributed by atoms with Crippen molar-refractivity contribution in [3.05, 3.63) is 51.7 Å². The van der Waals surface area contributed by atoms with Gasteiger partial charge in [0.15, 0.2) is 0 Å². The van der Waals surface area contributed by atoms with Crippen molar-refractivity contribution < 1.29 is 9.13 Å². The normalized spacial score (nSPS) is 18.7. The molecule has 1 atom stereocenters. The number of nitrogens with zero attached hydrogens (tertiary/aromatic N) is 3. The Morgan fingerprint density at radius 2 is 2.08 bits per heavy atom. The van der Waals surface area contributed by atoms with E-state index in [2.05, 4.69) is 40.0 Å². The van der Waals surface area contributed by atoms with Crippen LogP contribution in [-0.4, -0.2) is 47.7 Å². The number of rotatable bonds is 3. The van der Waals surface area contributed by atoms with E-state index in [0.717, 1.165) is 51.2 Å². The fraction of sp³-hybridized carbons (Fsp3) is 0.444. The average molecular weight is 344 g/mol. The molecule has 0 bridgehead atoms. The molecule has 0 saturated carbocycles. The third kappa shape index (κ3) is 3.11. The minimum Gasteiger partial charge on any atom is -0.493 e. The summed E-state index contributed by atoms with van der Waals surface area (Å²) in [7, 11) is 0. The fourth-order valence-electron chi connectivity index (χ4n) is 3.51. The standard InChI is InChI=1S/C18H21FN4O2/c1-12(14-3-2-13-4-9-25-16(13)10-14)22-5-7-23(8-6-22)18-20-11-15(19)17(24)21-18/h2-3,10-12H,4-9H2,1H3,(H,20,21,24). The first-order chi connectivity index (χ1) is 12.1. The van der Waals surface area contributed by atoms with Gasteiger partial charge >= 0.3 is 0 Å². The van der Waals surface area contributed by atoms with Gasteiger partial charge in [0.1, 0.15) is 5.75 Å². The van der Waals surface area contributed by atoms with Crippen LogP contribution in [0.4, 0.5) is 10.3 Å². The SMILES string of the molecule is CC(c1ccc2c(c1)OCC2)N1CCN(c2ncc(F)c(=O)[nH]2)CC1. The second-order valence-electron chi connectivity index (χ2n) is 6.55. The van der Waals surface area contributed by atoms with E-state index in [-0.39, 0.29) is 6.04 Å². The smallest absolute Gasteiger partial charge is 0.288 e. The lowest BCUT2D eigenvalue weighted by Gasteiger charge is -2.38. The summed E-state index contributed by atoms with van der Waals surface area (Å²) in [5, 5.41) is 0. The van der Waals surface area contributed by atoms with Gasteiger partial charge < -0.3 is 9.64 Å². The van der Waals surface area contributed by atoms with Crippen LogP contribution >= 0.6 is 0 Å². The molecule has 2 aliphatic heterocycles. The van der Waals surface area contributed by atoms with E-state index in [1.54, 1.807) is 0 Å². The Kier molecular flexibility index (Phi) is 4.17. The fourth-order valence-corrected chi connectivity index (χ4v) is 3.51. The molecule has 3 heterocycles. The van der Waals surface area contributed by atoms with Crippen molar-refractivity contribution in [1.29, 1.82) is 0 Å². The number of anilines is 1. The van der Waals surface area contributed by atoms with E-state index >= 15 is 0 Å². The van der Waals surface area contributed by atoms with E-state index in [9.17, 15) is 9.18 Å². The van der Waals surface area contributed by atoms with Crippen molar-refractivity contribution in [3.63, 3.8) is 0 Å². The predicted octanol–water partition coefficient (Wildman–Crippen LogP) is 1.73. The van der Waals surface area contributed by atoms with Crippen LogP contribution in [0.15, 0.2) is 29.2 Å². The highest BCUT2D eigenvalue weighted by molar-refractivity contribution is 5.41. The summed E-state index contributed by atoms with van der Waals surface area (Å²) >= 11 is 0. The Hall–Kier alpha value is -2.41. The first-order valence-corrected chi connectivity index (χ1v) is 8.61. The Morgan fingerprint density at radius 3 is 2.84 bits per heavy atom. The van der Waals surface area contributed by atoms with Crippen LogP contribution in [0.1, 0.15) is 24.1 Å². The molecule has 7 heteroatoms. The van der Waals surface area contributed by atoms with Crippen molar-refractivity contribution in [3.8, 4) is 5.75 Å². The highest BCUT2D eigenvalue weighted by Crippen LogP contribution is 2.31. The summed E-state index contributed by atoms with van der Waals surface area (Å²) in [5.74, 6) is 0.593. The Bertz CT molecular complexity index is 830. The summed E-state index contributed by atoms with van der Waals surface area (Å²) in [5.41, 5.74) is 1.81. The third-order valence-corrected chi connectivity index (χ3v) is 5.11. The first kappa shape index (κ1) is 16.1. The van der Waals surface area contributed by atoms with Gasteiger partial charge in [-0.25, -0.2) is 4.98 Å². The maximum absolute atomic E-state index is 13.1. The van der Waals surface area contributed by atoms with Gasteiger partial charge in [0.05, 0.1) is 12.8 Å². The monoisotopic (exact) mass is 344 g/mol. The van der Waals surface area contributed by atoms with E-state index in [4.69, 9.17) is 4.74 Å². The molecule has 1 N–H and O–H groups in total. The van der Waals surface area contributed by atoms with Crippen LogP contribution in [0.3, 0.4) is 0 Å². The molecule has 1 fully saturated rings. The molecular weight excluding hydrogens is 323 g/mol. The Balaban J connectivity index is 1.42. The first-order valence-electron chi connectivity index (χ1n) is 8.61. The van der Waals surface area contributed by atoms with Crippen LogP contribution in [-0.2, 0) is 6.42 Å². The van der Waals surface area contributed by atoms with Gasteiger partial charge in [-0.05, 0) is 24.1 Å². The molecule has 6 nitrogen and oxygen atoms in total.